The number of aromatic nitrogens is 2. The van der Waals surface area contributed by atoms with Crippen LogP contribution in [0, 0.1) is 0 Å². The van der Waals surface area contributed by atoms with Crippen LogP contribution in [-0.2, 0) is 20.0 Å². The van der Waals surface area contributed by atoms with E-state index in [4.69, 9.17) is 13.9 Å². The first-order valence-electron chi connectivity index (χ1n) is 8.24. The van der Waals surface area contributed by atoms with E-state index in [1.807, 2.05) is 25.2 Å². The van der Waals surface area contributed by atoms with Gasteiger partial charge in [0.1, 0.15) is 5.76 Å². The lowest BCUT2D eigenvalue weighted by Gasteiger charge is -2.11. The predicted molar refractivity (Wildman–Crippen MR) is 94.4 cm³/mol. The van der Waals surface area contributed by atoms with Crippen LogP contribution in [0.2, 0.25) is 0 Å². The summed E-state index contributed by atoms with van der Waals surface area (Å²) < 4.78 is 17.8. The summed E-state index contributed by atoms with van der Waals surface area (Å²) in [7, 11) is 5.06. The van der Waals surface area contributed by atoms with E-state index in [9.17, 15) is 4.79 Å². The molecule has 0 saturated heterocycles. The van der Waals surface area contributed by atoms with Crippen LogP contribution in [0.15, 0.2) is 34.9 Å². The molecule has 0 aliphatic heterocycles. The molecule has 26 heavy (non-hydrogen) atoms. The Morgan fingerprint density at radius 2 is 2.08 bits per heavy atom. The second-order valence-electron chi connectivity index (χ2n) is 6.10. The van der Waals surface area contributed by atoms with Crippen LogP contribution in [0.4, 0.5) is 0 Å². The SMILES string of the molecule is COc1cc2c(cc1OC)-c1c(c(C(=O)NCc3ccco3)nn1C)C2. The molecule has 2 aromatic heterocycles. The van der Waals surface area contributed by atoms with Gasteiger partial charge in [-0.05, 0) is 29.8 Å². The highest BCUT2D eigenvalue weighted by molar-refractivity contribution is 5.97. The largest absolute Gasteiger partial charge is 0.493 e. The number of aryl methyl sites for hydroxylation is 1. The summed E-state index contributed by atoms with van der Waals surface area (Å²) in [5, 5.41) is 7.29. The summed E-state index contributed by atoms with van der Waals surface area (Å²) in [6.45, 7) is 0.325. The van der Waals surface area contributed by atoms with E-state index in [0.717, 1.165) is 22.4 Å². The lowest BCUT2D eigenvalue weighted by Crippen LogP contribution is -2.24. The second kappa shape index (κ2) is 6.25. The zero-order valence-electron chi connectivity index (χ0n) is 14.8. The zero-order chi connectivity index (χ0) is 18.3. The van der Waals surface area contributed by atoms with Crippen molar-refractivity contribution in [2.24, 2.45) is 7.05 Å². The Hall–Kier alpha value is -3.22. The Morgan fingerprint density at radius 3 is 2.77 bits per heavy atom. The van der Waals surface area contributed by atoms with Crippen molar-refractivity contribution in [2.45, 2.75) is 13.0 Å². The number of carbonyl (C=O) groups excluding carboxylic acids is 1. The summed E-state index contributed by atoms with van der Waals surface area (Å²) in [6, 6.07) is 7.50. The van der Waals surface area contributed by atoms with Crippen LogP contribution in [0.3, 0.4) is 0 Å². The zero-order valence-corrected chi connectivity index (χ0v) is 14.8. The number of rotatable bonds is 5. The maximum atomic E-state index is 12.6. The molecule has 0 bridgehead atoms. The number of hydrogen-bond acceptors (Lipinski definition) is 5. The van der Waals surface area contributed by atoms with Crippen molar-refractivity contribution in [2.75, 3.05) is 14.2 Å². The van der Waals surface area contributed by atoms with Crippen molar-refractivity contribution in [3.05, 3.63) is 53.1 Å². The highest BCUT2D eigenvalue weighted by Crippen LogP contribution is 2.43. The smallest absolute Gasteiger partial charge is 0.272 e. The third kappa shape index (κ3) is 2.52. The number of furan rings is 1. The van der Waals surface area contributed by atoms with Gasteiger partial charge in [-0.2, -0.15) is 5.10 Å². The molecule has 0 radical (unpaired) electrons. The Kier molecular flexibility index (Phi) is 3.91. The molecule has 4 rings (SSSR count). The number of fused-ring (bicyclic) bond motifs is 3. The standard InChI is InChI=1S/C19H19N3O4/c1-22-18-13-9-16(25-3)15(24-2)8-11(13)7-14(18)17(21-22)19(23)20-10-12-5-4-6-26-12/h4-6,8-9H,7,10H2,1-3H3,(H,20,23). The van der Waals surface area contributed by atoms with Gasteiger partial charge in [-0.3, -0.25) is 9.48 Å². The minimum atomic E-state index is -0.218. The summed E-state index contributed by atoms with van der Waals surface area (Å²) in [4.78, 5) is 12.6. The van der Waals surface area contributed by atoms with E-state index in [1.165, 1.54) is 0 Å². The van der Waals surface area contributed by atoms with Gasteiger partial charge in [0.05, 0.1) is 32.7 Å². The monoisotopic (exact) mass is 353 g/mol. The number of nitrogens with one attached hydrogen (secondary N) is 1. The Labute approximate surface area is 150 Å². The van der Waals surface area contributed by atoms with Crippen LogP contribution in [0.1, 0.15) is 27.4 Å². The first kappa shape index (κ1) is 16.3. The molecule has 0 saturated carbocycles. The molecule has 1 aromatic carbocycles. The van der Waals surface area contributed by atoms with E-state index in [-0.39, 0.29) is 5.91 Å². The van der Waals surface area contributed by atoms with Crippen molar-refractivity contribution in [1.82, 2.24) is 15.1 Å². The lowest BCUT2D eigenvalue weighted by molar-refractivity contribution is 0.0941. The number of methoxy groups -OCH3 is 2. The molecule has 1 aliphatic rings. The van der Waals surface area contributed by atoms with E-state index < -0.39 is 0 Å². The fraction of sp³-hybridized carbons (Fsp3) is 0.263. The van der Waals surface area contributed by atoms with Gasteiger partial charge < -0.3 is 19.2 Å². The molecule has 7 heteroatoms. The highest BCUT2D eigenvalue weighted by atomic mass is 16.5. The van der Waals surface area contributed by atoms with Crippen LogP contribution in [-0.4, -0.2) is 29.9 Å². The average molecular weight is 353 g/mol. The number of hydrogen-bond donors (Lipinski definition) is 1. The fourth-order valence-corrected chi connectivity index (χ4v) is 3.40. The molecule has 0 fully saturated rings. The normalized spacial score (nSPS) is 11.8. The molecule has 2 heterocycles. The molecule has 1 amide bonds. The van der Waals surface area contributed by atoms with Gasteiger partial charge in [0.2, 0.25) is 0 Å². The van der Waals surface area contributed by atoms with Gasteiger partial charge in [0.25, 0.3) is 5.91 Å². The van der Waals surface area contributed by atoms with Crippen LogP contribution in [0.25, 0.3) is 11.3 Å². The summed E-state index contributed by atoms with van der Waals surface area (Å²) in [6.07, 6.45) is 2.21. The summed E-state index contributed by atoms with van der Waals surface area (Å²) in [5.41, 5.74) is 4.38. The quantitative estimate of drug-likeness (QED) is 0.596. The second-order valence-corrected chi connectivity index (χ2v) is 6.10. The van der Waals surface area contributed by atoms with Crippen LogP contribution in [0.5, 0.6) is 11.5 Å². The van der Waals surface area contributed by atoms with Crippen molar-refractivity contribution in [1.29, 1.82) is 0 Å². The molecule has 0 spiro atoms. The minimum absolute atomic E-state index is 0.218. The average Bonchev–Trinajstić information content (AvgIpc) is 3.35. The van der Waals surface area contributed by atoms with Crippen molar-refractivity contribution >= 4 is 5.91 Å². The lowest BCUT2D eigenvalue weighted by atomic mass is 10.1. The van der Waals surface area contributed by atoms with Gasteiger partial charge in [-0.25, -0.2) is 0 Å². The van der Waals surface area contributed by atoms with Crippen molar-refractivity contribution in [3.63, 3.8) is 0 Å². The van der Waals surface area contributed by atoms with Gasteiger partial charge >= 0.3 is 0 Å². The summed E-state index contributed by atoms with van der Waals surface area (Å²) in [5.74, 6) is 1.81. The number of nitrogens with zero attached hydrogens (tertiary/aromatic N) is 2. The summed E-state index contributed by atoms with van der Waals surface area (Å²) >= 11 is 0. The highest BCUT2D eigenvalue weighted by Gasteiger charge is 2.30. The molecule has 0 atom stereocenters. The Balaban J connectivity index is 1.67. The Bertz CT molecular complexity index is 973. The molecule has 1 N–H and O–H groups in total. The van der Waals surface area contributed by atoms with E-state index in [1.54, 1.807) is 31.2 Å². The van der Waals surface area contributed by atoms with Gasteiger partial charge in [-0.1, -0.05) is 0 Å². The third-order valence-corrected chi connectivity index (χ3v) is 4.60. The number of carbonyl (C=O) groups is 1. The third-order valence-electron chi connectivity index (χ3n) is 4.60. The number of amides is 1. The number of benzene rings is 1. The van der Waals surface area contributed by atoms with E-state index in [0.29, 0.717) is 35.9 Å². The minimum Gasteiger partial charge on any atom is -0.493 e. The first-order chi connectivity index (χ1) is 12.6. The maximum Gasteiger partial charge on any atom is 0.272 e. The number of ether oxygens (including phenoxy) is 2. The van der Waals surface area contributed by atoms with Gasteiger partial charge in [0.15, 0.2) is 17.2 Å². The molecule has 0 unspecified atom stereocenters. The Morgan fingerprint density at radius 1 is 1.31 bits per heavy atom. The molecular formula is C19H19N3O4. The van der Waals surface area contributed by atoms with E-state index >= 15 is 0 Å². The van der Waals surface area contributed by atoms with Crippen LogP contribution < -0.4 is 14.8 Å². The first-order valence-corrected chi connectivity index (χ1v) is 8.24. The van der Waals surface area contributed by atoms with Crippen molar-refractivity contribution in [3.8, 4) is 22.8 Å². The fourth-order valence-electron chi connectivity index (χ4n) is 3.40. The molecule has 7 nitrogen and oxygen atoms in total. The molecule has 134 valence electrons. The topological polar surface area (TPSA) is 78.5 Å². The van der Waals surface area contributed by atoms with Gasteiger partial charge in [0, 0.05) is 24.6 Å². The predicted octanol–water partition coefficient (Wildman–Crippen LogP) is 2.53. The van der Waals surface area contributed by atoms with Crippen LogP contribution >= 0.6 is 0 Å². The molecule has 1 aliphatic carbocycles. The van der Waals surface area contributed by atoms with E-state index in [2.05, 4.69) is 10.4 Å². The maximum absolute atomic E-state index is 12.6. The van der Waals surface area contributed by atoms with Gasteiger partial charge in [-0.15, -0.1) is 0 Å². The van der Waals surface area contributed by atoms with Crippen molar-refractivity contribution < 1.29 is 18.7 Å². The molecular weight excluding hydrogens is 334 g/mol. The molecule has 3 aromatic rings.